The number of carbonyl (C=O) groups is 3. The molecule has 3 heterocycles. The van der Waals surface area contributed by atoms with Gasteiger partial charge in [-0.05, 0) is 26.0 Å². The number of hydrogen-bond acceptors (Lipinski definition) is 7. The Labute approximate surface area is 168 Å². The molecule has 0 unspecified atom stereocenters. The molecule has 0 aromatic carbocycles. The molecule has 0 bridgehead atoms. The van der Waals surface area contributed by atoms with Crippen LogP contribution < -0.4 is 10.6 Å². The molecule has 0 aliphatic carbocycles. The fourth-order valence-electron chi connectivity index (χ4n) is 3.39. The van der Waals surface area contributed by atoms with E-state index >= 15 is 0 Å². The molecule has 2 aliphatic rings. The summed E-state index contributed by atoms with van der Waals surface area (Å²) in [6.45, 7) is 6.59. The van der Waals surface area contributed by atoms with Crippen molar-refractivity contribution in [1.29, 1.82) is 0 Å². The Bertz CT molecular complexity index is 768. The number of amides is 3. The maximum absolute atomic E-state index is 12.7. The zero-order valence-electron chi connectivity index (χ0n) is 16.6. The Morgan fingerprint density at radius 1 is 1.17 bits per heavy atom. The van der Waals surface area contributed by atoms with E-state index in [2.05, 4.69) is 15.5 Å². The number of rotatable bonds is 6. The summed E-state index contributed by atoms with van der Waals surface area (Å²) in [7, 11) is 0. The average Bonchev–Trinajstić information content (AvgIpc) is 3.23. The fraction of sp³-hybridized carbons (Fsp3) is 0.526. The maximum atomic E-state index is 12.7. The first-order valence-corrected chi connectivity index (χ1v) is 9.68. The third-order valence-corrected chi connectivity index (χ3v) is 4.76. The van der Waals surface area contributed by atoms with E-state index in [1.165, 1.54) is 6.26 Å². The smallest absolute Gasteiger partial charge is 0.409 e. The minimum Gasteiger partial charge on any atom is -0.467 e. The average molecular weight is 406 g/mol. The van der Waals surface area contributed by atoms with Crippen LogP contribution in [0.2, 0.25) is 0 Å². The van der Waals surface area contributed by atoms with Crippen LogP contribution in [0.3, 0.4) is 0 Å². The molecule has 0 saturated carbocycles. The largest absolute Gasteiger partial charge is 0.467 e. The molecule has 1 aromatic rings. The maximum Gasteiger partial charge on any atom is 0.409 e. The van der Waals surface area contributed by atoms with Crippen LogP contribution in [-0.2, 0) is 14.3 Å². The quantitative estimate of drug-likeness (QED) is 0.683. The molecule has 3 amide bonds. The molecular formula is C19H26N4O6. The second-order valence-corrected chi connectivity index (χ2v) is 6.62. The van der Waals surface area contributed by atoms with Gasteiger partial charge in [0.2, 0.25) is 0 Å². The molecule has 1 fully saturated rings. The highest BCUT2D eigenvalue weighted by molar-refractivity contribution is 5.95. The number of nitrogens with one attached hydrogen (secondary N) is 2. The number of hydrogen-bond donors (Lipinski definition) is 2. The van der Waals surface area contributed by atoms with Crippen LogP contribution >= 0.6 is 0 Å². The van der Waals surface area contributed by atoms with Gasteiger partial charge in [-0.15, -0.1) is 0 Å². The Morgan fingerprint density at radius 2 is 1.90 bits per heavy atom. The van der Waals surface area contributed by atoms with Gasteiger partial charge in [-0.3, -0.25) is 4.90 Å². The minimum atomic E-state index is -0.728. The van der Waals surface area contributed by atoms with Crippen LogP contribution in [0, 0.1) is 0 Å². The molecule has 10 nitrogen and oxygen atoms in total. The van der Waals surface area contributed by atoms with Crippen molar-refractivity contribution in [2.45, 2.75) is 19.9 Å². The lowest BCUT2D eigenvalue weighted by Crippen LogP contribution is -2.52. The molecule has 1 aromatic heterocycles. The van der Waals surface area contributed by atoms with Crippen LogP contribution in [0.4, 0.5) is 9.59 Å². The van der Waals surface area contributed by atoms with E-state index < -0.39 is 18.0 Å². The first-order chi connectivity index (χ1) is 14.0. The van der Waals surface area contributed by atoms with Gasteiger partial charge < -0.3 is 29.4 Å². The standard InChI is InChI=1S/C19H26N4O6/c1-3-27-17(24)15-13(20-18(25)21-16(15)14-6-5-11-29-14)12-22-7-9-23(10-8-22)19(26)28-4-2/h5-6,11,16H,3-4,7-10,12H2,1-2H3,(H2,20,21,25)/t16-/m1/s1. The van der Waals surface area contributed by atoms with Gasteiger partial charge in [0.15, 0.2) is 0 Å². The number of ether oxygens (including phenoxy) is 2. The van der Waals surface area contributed by atoms with Gasteiger partial charge >= 0.3 is 18.1 Å². The van der Waals surface area contributed by atoms with Crippen molar-refractivity contribution in [1.82, 2.24) is 20.4 Å². The van der Waals surface area contributed by atoms with Gasteiger partial charge in [0.25, 0.3) is 0 Å². The summed E-state index contributed by atoms with van der Waals surface area (Å²) < 4.78 is 15.7. The molecule has 0 spiro atoms. The summed E-state index contributed by atoms with van der Waals surface area (Å²) >= 11 is 0. The number of piperazine rings is 1. The normalized spacial score (nSPS) is 20.1. The van der Waals surface area contributed by atoms with Gasteiger partial charge in [0.1, 0.15) is 11.8 Å². The lowest BCUT2D eigenvalue weighted by Gasteiger charge is -2.36. The Morgan fingerprint density at radius 3 is 2.52 bits per heavy atom. The van der Waals surface area contributed by atoms with Crippen LogP contribution in [0.15, 0.2) is 34.1 Å². The molecule has 158 valence electrons. The summed E-state index contributed by atoms with van der Waals surface area (Å²) in [4.78, 5) is 40.5. The third kappa shape index (κ3) is 4.89. The highest BCUT2D eigenvalue weighted by Crippen LogP contribution is 2.28. The second kappa shape index (κ2) is 9.46. The molecule has 2 N–H and O–H groups in total. The topological polar surface area (TPSA) is 113 Å². The van der Waals surface area contributed by atoms with Crippen LogP contribution in [0.25, 0.3) is 0 Å². The number of nitrogens with zero attached hydrogens (tertiary/aromatic N) is 2. The summed E-state index contributed by atoms with van der Waals surface area (Å²) in [6, 6.07) is 2.25. The summed E-state index contributed by atoms with van der Waals surface area (Å²) in [5.41, 5.74) is 0.785. The summed E-state index contributed by atoms with van der Waals surface area (Å²) in [5.74, 6) is -0.0610. The Balaban J connectivity index is 1.78. The molecule has 10 heteroatoms. The van der Waals surface area contributed by atoms with E-state index in [1.54, 1.807) is 30.9 Å². The number of urea groups is 1. The lowest BCUT2D eigenvalue weighted by atomic mass is 9.99. The molecule has 1 atom stereocenters. The Hall–Kier alpha value is -3.01. The van der Waals surface area contributed by atoms with E-state index in [4.69, 9.17) is 13.9 Å². The predicted octanol–water partition coefficient (Wildman–Crippen LogP) is 1.22. The van der Waals surface area contributed by atoms with Crippen molar-refractivity contribution < 1.29 is 28.3 Å². The van der Waals surface area contributed by atoms with E-state index in [0.717, 1.165) is 0 Å². The molecular weight excluding hydrogens is 380 g/mol. The van der Waals surface area contributed by atoms with Gasteiger partial charge in [0.05, 0.1) is 25.1 Å². The first kappa shape index (κ1) is 20.7. The molecule has 3 rings (SSSR count). The minimum absolute atomic E-state index is 0.215. The van der Waals surface area contributed by atoms with Gasteiger partial charge in [0, 0.05) is 38.4 Å². The van der Waals surface area contributed by atoms with E-state index in [1.807, 2.05) is 0 Å². The Kier molecular flexibility index (Phi) is 6.76. The number of esters is 1. The van der Waals surface area contributed by atoms with Crippen LogP contribution in [0.1, 0.15) is 25.6 Å². The van der Waals surface area contributed by atoms with Gasteiger partial charge in [-0.1, -0.05) is 0 Å². The monoisotopic (exact) mass is 406 g/mol. The molecule has 2 aliphatic heterocycles. The molecule has 29 heavy (non-hydrogen) atoms. The van der Waals surface area contributed by atoms with Crippen molar-refractivity contribution in [3.63, 3.8) is 0 Å². The molecule has 0 radical (unpaired) electrons. The highest BCUT2D eigenvalue weighted by atomic mass is 16.6. The van der Waals surface area contributed by atoms with Crippen molar-refractivity contribution in [3.8, 4) is 0 Å². The summed E-state index contributed by atoms with van der Waals surface area (Å²) in [5, 5.41) is 5.46. The van der Waals surface area contributed by atoms with Crippen LogP contribution in [0.5, 0.6) is 0 Å². The molecule has 1 saturated heterocycles. The van der Waals surface area contributed by atoms with Crippen molar-refractivity contribution in [2.24, 2.45) is 0 Å². The fourth-order valence-corrected chi connectivity index (χ4v) is 3.39. The lowest BCUT2D eigenvalue weighted by molar-refractivity contribution is -0.139. The van der Waals surface area contributed by atoms with Gasteiger partial charge in [-0.2, -0.15) is 0 Å². The van der Waals surface area contributed by atoms with E-state index in [9.17, 15) is 14.4 Å². The third-order valence-electron chi connectivity index (χ3n) is 4.76. The van der Waals surface area contributed by atoms with Crippen LogP contribution in [-0.4, -0.2) is 73.8 Å². The SMILES string of the molecule is CCOC(=O)C1=C(CN2CCN(C(=O)OCC)CC2)NC(=O)N[C@@H]1c1ccco1. The number of furan rings is 1. The predicted molar refractivity (Wildman–Crippen MR) is 102 cm³/mol. The van der Waals surface area contributed by atoms with E-state index in [-0.39, 0.29) is 12.7 Å². The first-order valence-electron chi connectivity index (χ1n) is 9.68. The van der Waals surface area contributed by atoms with Crippen molar-refractivity contribution >= 4 is 18.1 Å². The zero-order chi connectivity index (χ0) is 20.8. The second-order valence-electron chi connectivity index (χ2n) is 6.62. The number of carbonyl (C=O) groups excluding carboxylic acids is 3. The summed E-state index contributed by atoms with van der Waals surface area (Å²) in [6.07, 6.45) is 1.16. The highest BCUT2D eigenvalue weighted by Gasteiger charge is 2.36. The zero-order valence-corrected chi connectivity index (χ0v) is 16.6. The van der Waals surface area contributed by atoms with E-state index in [0.29, 0.717) is 56.4 Å². The van der Waals surface area contributed by atoms with Crippen molar-refractivity contribution in [3.05, 3.63) is 35.4 Å². The van der Waals surface area contributed by atoms with Crippen molar-refractivity contribution in [2.75, 3.05) is 45.9 Å². The van der Waals surface area contributed by atoms with Gasteiger partial charge in [-0.25, -0.2) is 14.4 Å².